The Morgan fingerprint density at radius 3 is 2.45 bits per heavy atom. The maximum Gasteiger partial charge on any atom is 0.146 e. The van der Waals surface area contributed by atoms with Crippen molar-refractivity contribution in [3.8, 4) is 0 Å². The number of ether oxygens (including phenoxy) is 1. The van der Waals surface area contributed by atoms with Gasteiger partial charge >= 0.3 is 0 Å². The fourth-order valence-electron chi connectivity index (χ4n) is 4.72. The molecule has 2 aromatic heterocycles. The van der Waals surface area contributed by atoms with Gasteiger partial charge in [-0.2, -0.15) is 0 Å². The van der Waals surface area contributed by atoms with E-state index in [-0.39, 0.29) is 0 Å². The highest BCUT2D eigenvalue weighted by molar-refractivity contribution is 7.18. The van der Waals surface area contributed by atoms with Gasteiger partial charge in [0.15, 0.2) is 0 Å². The summed E-state index contributed by atoms with van der Waals surface area (Å²) in [5, 5.41) is 2.04. The number of rotatable bonds is 5. The van der Waals surface area contributed by atoms with Gasteiger partial charge in [-0.3, -0.25) is 9.80 Å². The molecule has 33 heavy (non-hydrogen) atoms. The molecule has 0 spiro atoms. The van der Waals surface area contributed by atoms with Gasteiger partial charge in [0, 0.05) is 55.7 Å². The number of nitrogens with zero attached hydrogens (tertiary/aromatic N) is 5. The smallest absolute Gasteiger partial charge is 0.146 e. The van der Waals surface area contributed by atoms with Crippen LogP contribution in [0.3, 0.4) is 0 Å². The molecule has 0 atom stereocenters. The van der Waals surface area contributed by atoms with E-state index in [1.165, 1.54) is 21.4 Å². The monoisotopic (exact) mass is 485 g/mol. The highest BCUT2D eigenvalue weighted by atomic mass is 35.5. The second kappa shape index (κ2) is 10.2. The lowest BCUT2D eigenvalue weighted by atomic mass is 10.2. The second-order valence-electron chi connectivity index (χ2n) is 9.06. The number of aryl methyl sites for hydroxylation is 2. The van der Waals surface area contributed by atoms with E-state index in [2.05, 4.69) is 40.7 Å². The summed E-state index contributed by atoms with van der Waals surface area (Å²) < 4.78 is 5.52. The number of fused-ring (bicyclic) bond motifs is 1. The van der Waals surface area contributed by atoms with Crippen LogP contribution in [0.5, 0.6) is 0 Å². The molecule has 5 rings (SSSR count). The minimum Gasteiger partial charge on any atom is -0.379 e. The van der Waals surface area contributed by atoms with Crippen molar-refractivity contribution in [1.82, 2.24) is 19.8 Å². The minimum absolute atomic E-state index is 0.791. The van der Waals surface area contributed by atoms with Crippen molar-refractivity contribution in [2.24, 2.45) is 0 Å². The lowest BCUT2D eigenvalue weighted by Gasteiger charge is -2.27. The van der Waals surface area contributed by atoms with Gasteiger partial charge in [0.05, 0.1) is 25.1 Å². The van der Waals surface area contributed by atoms with Gasteiger partial charge < -0.3 is 9.64 Å². The summed E-state index contributed by atoms with van der Waals surface area (Å²) >= 11 is 7.86. The van der Waals surface area contributed by atoms with Crippen molar-refractivity contribution in [2.45, 2.75) is 33.4 Å². The van der Waals surface area contributed by atoms with Crippen LogP contribution >= 0.6 is 22.9 Å². The quantitative estimate of drug-likeness (QED) is 0.530. The van der Waals surface area contributed by atoms with Crippen LogP contribution in [0, 0.1) is 13.8 Å². The Bertz CT molecular complexity index is 1100. The average Bonchev–Trinajstić information content (AvgIpc) is 2.97. The number of halogens is 1. The molecule has 0 bridgehead atoms. The maximum atomic E-state index is 6.06. The lowest BCUT2D eigenvalue weighted by molar-refractivity contribution is 0.0331. The van der Waals surface area contributed by atoms with Crippen LogP contribution in [0.4, 0.5) is 5.82 Å². The first kappa shape index (κ1) is 23.0. The number of aromatic nitrogens is 2. The van der Waals surface area contributed by atoms with Gasteiger partial charge in [-0.15, -0.1) is 11.3 Å². The molecule has 2 saturated heterocycles. The van der Waals surface area contributed by atoms with Crippen LogP contribution in [-0.4, -0.2) is 72.3 Å². The molecule has 1 aromatic carbocycles. The third-order valence-electron chi connectivity index (χ3n) is 6.73. The molecule has 176 valence electrons. The summed E-state index contributed by atoms with van der Waals surface area (Å²) in [6, 6.07) is 8.23. The zero-order valence-electron chi connectivity index (χ0n) is 19.5. The van der Waals surface area contributed by atoms with Crippen LogP contribution in [0.1, 0.15) is 28.2 Å². The summed E-state index contributed by atoms with van der Waals surface area (Å²) in [4.78, 5) is 20.0. The zero-order valence-corrected chi connectivity index (χ0v) is 21.1. The molecule has 6 nitrogen and oxygen atoms in total. The lowest BCUT2D eigenvalue weighted by Crippen LogP contribution is -2.36. The number of anilines is 1. The normalized spacial score (nSPS) is 18.7. The molecule has 0 radical (unpaired) electrons. The molecule has 0 amide bonds. The zero-order chi connectivity index (χ0) is 22.8. The van der Waals surface area contributed by atoms with Gasteiger partial charge in [-0.1, -0.05) is 23.7 Å². The molecule has 8 heteroatoms. The first-order chi connectivity index (χ1) is 16.1. The van der Waals surface area contributed by atoms with Crippen molar-refractivity contribution >= 4 is 39.0 Å². The number of thiophene rings is 1. The topological polar surface area (TPSA) is 44.7 Å². The first-order valence-corrected chi connectivity index (χ1v) is 13.0. The molecular formula is C25H32ClN5OS. The third kappa shape index (κ3) is 5.33. The predicted octanol–water partition coefficient (Wildman–Crippen LogP) is 4.51. The summed E-state index contributed by atoms with van der Waals surface area (Å²) in [6.45, 7) is 13.8. The number of benzene rings is 1. The standard InChI is InChI=1S/C25H32ClN5OS/c1-18-19(2)33-25-23(18)24(27-22(28-25)17-30-12-14-32-15-13-30)31-9-3-8-29(10-11-31)16-20-4-6-21(26)7-5-20/h4-7H,3,8-17H2,1-2H3. The predicted molar refractivity (Wildman–Crippen MR) is 137 cm³/mol. The van der Waals surface area contributed by atoms with Crippen molar-refractivity contribution in [1.29, 1.82) is 0 Å². The summed E-state index contributed by atoms with van der Waals surface area (Å²) in [7, 11) is 0. The first-order valence-electron chi connectivity index (χ1n) is 11.9. The maximum absolute atomic E-state index is 6.06. The van der Waals surface area contributed by atoms with E-state index < -0.39 is 0 Å². The van der Waals surface area contributed by atoms with Crippen molar-refractivity contribution < 1.29 is 4.74 Å². The van der Waals surface area contributed by atoms with Crippen LogP contribution < -0.4 is 4.90 Å². The van der Waals surface area contributed by atoms with Crippen molar-refractivity contribution in [2.75, 3.05) is 57.4 Å². The van der Waals surface area contributed by atoms with Crippen LogP contribution in [0.15, 0.2) is 24.3 Å². The van der Waals surface area contributed by atoms with E-state index in [9.17, 15) is 0 Å². The third-order valence-corrected chi connectivity index (χ3v) is 8.09. The number of hydrogen-bond donors (Lipinski definition) is 0. The van der Waals surface area contributed by atoms with E-state index in [1.807, 2.05) is 12.1 Å². The second-order valence-corrected chi connectivity index (χ2v) is 10.7. The Balaban J connectivity index is 1.37. The van der Waals surface area contributed by atoms with Gasteiger partial charge in [0.1, 0.15) is 16.5 Å². The fraction of sp³-hybridized carbons (Fsp3) is 0.520. The Morgan fingerprint density at radius 1 is 0.909 bits per heavy atom. The van der Waals surface area contributed by atoms with Crippen LogP contribution in [0.25, 0.3) is 10.2 Å². The molecule has 0 unspecified atom stereocenters. The Kier molecular flexibility index (Phi) is 7.13. The summed E-state index contributed by atoms with van der Waals surface area (Å²) in [5.41, 5.74) is 2.64. The number of morpholine rings is 1. The summed E-state index contributed by atoms with van der Waals surface area (Å²) in [6.07, 6.45) is 1.13. The van der Waals surface area contributed by atoms with E-state index in [0.29, 0.717) is 0 Å². The van der Waals surface area contributed by atoms with Gasteiger partial charge in [-0.05, 0) is 43.5 Å². The molecule has 4 heterocycles. The Labute approximate surface area is 205 Å². The van der Waals surface area contributed by atoms with Crippen LogP contribution in [0.2, 0.25) is 5.02 Å². The highest BCUT2D eigenvalue weighted by Gasteiger charge is 2.23. The summed E-state index contributed by atoms with van der Waals surface area (Å²) in [5.74, 6) is 2.06. The van der Waals surface area contributed by atoms with Gasteiger partial charge in [0.25, 0.3) is 0 Å². The van der Waals surface area contributed by atoms with Crippen LogP contribution in [-0.2, 0) is 17.8 Å². The van der Waals surface area contributed by atoms with Crippen molar-refractivity contribution in [3.05, 3.63) is 51.1 Å². The van der Waals surface area contributed by atoms with E-state index in [0.717, 1.165) is 93.5 Å². The molecule has 0 saturated carbocycles. The molecule has 3 aromatic rings. The molecule has 2 fully saturated rings. The molecular weight excluding hydrogens is 454 g/mol. The molecule has 2 aliphatic rings. The van der Waals surface area contributed by atoms with E-state index in [4.69, 9.17) is 26.3 Å². The Hall–Kier alpha value is -1.77. The van der Waals surface area contributed by atoms with Gasteiger partial charge in [-0.25, -0.2) is 9.97 Å². The van der Waals surface area contributed by atoms with Crippen molar-refractivity contribution in [3.63, 3.8) is 0 Å². The molecule has 0 aliphatic carbocycles. The van der Waals surface area contributed by atoms with E-state index in [1.54, 1.807) is 11.3 Å². The molecule has 0 N–H and O–H groups in total. The Morgan fingerprint density at radius 2 is 1.67 bits per heavy atom. The fourth-order valence-corrected chi connectivity index (χ4v) is 5.89. The minimum atomic E-state index is 0.791. The highest BCUT2D eigenvalue weighted by Crippen LogP contribution is 2.35. The molecule has 2 aliphatic heterocycles. The largest absolute Gasteiger partial charge is 0.379 e. The SMILES string of the molecule is Cc1sc2nc(CN3CCOCC3)nc(N3CCCN(Cc4ccc(Cl)cc4)CC3)c2c1C. The average molecular weight is 486 g/mol. The number of hydrogen-bond acceptors (Lipinski definition) is 7. The van der Waals surface area contributed by atoms with Gasteiger partial charge in [0.2, 0.25) is 0 Å². The van der Waals surface area contributed by atoms with E-state index >= 15 is 0 Å².